The fourth-order valence-corrected chi connectivity index (χ4v) is 2.31. The number of hydrazine groups is 1. The van der Waals surface area contributed by atoms with Gasteiger partial charge >= 0.3 is 0 Å². The number of nitrogens with two attached hydrogens (primary N) is 1. The summed E-state index contributed by atoms with van der Waals surface area (Å²) < 4.78 is 0. The summed E-state index contributed by atoms with van der Waals surface area (Å²) in [5.74, 6) is 4.98. The summed E-state index contributed by atoms with van der Waals surface area (Å²) in [5.41, 5.74) is 4.81. The van der Waals surface area contributed by atoms with Gasteiger partial charge in [0.15, 0.2) is 0 Å². The molecule has 0 saturated carbocycles. The van der Waals surface area contributed by atoms with Gasteiger partial charge in [0.25, 0.3) is 0 Å². The highest BCUT2D eigenvalue weighted by atomic mass is 16.2. The molecule has 0 aromatic heterocycles. The van der Waals surface area contributed by atoms with Gasteiger partial charge in [-0.2, -0.15) is 0 Å². The van der Waals surface area contributed by atoms with Crippen molar-refractivity contribution in [3.8, 4) is 0 Å². The largest absolute Gasteiger partial charge is 0.297 e. The van der Waals surface area contributed by atoms with E-state index in [0.29, 0.717) is 6.54 Å². The van der Waals surface area contributed by atoms with E-state index in [0.717, 1.165) is 32.7 Å². The fourth-order valence-electron chi connectivity index (χ4n) is 2.31. The molecule has 1 aliphatic heterocycles. The normalized spacial score (nSPS) is 17.4. The number of hydrogen-bond donors (Lipinski definition) is 2. The molecule has 1 aromatic carbocycles. The number of amides is 1. The maximum absolute atomic E-state index is 11.2. The van der Waals surface area contributed by atoms with Crippen molar-refractivity contribution in [1.29, 1.82) is 0 Å². The number of nitrogens with one attached hydrogen (secondary N) is 1. The lowest BCUT2D eigenvalue weighted by molar-refractivity contribution is -0.122. The van der Waals surface area contributed by atoms with E-state index in [1.165, 1.54) is 11.1 Å². The Hall–Kier alpha value is -1.43. The van der Waals surface area contributed by atoms with E-state index >= 15 is 0 Å². The van der Waals surface area contributed by atoms with Crippen molar-refractivity contribution in [2.24, 2.45) is 5.84 Å². The fraction of sp³-hybridized carbons (Fsp3) is 0.500. The molecule has 1 heterocycles. The maximum Gasteiger partial charge on any atom is 0.248 e. The summed E-state index contributed by atoms with van der Waals surface area (Å²) in [7, 11) is 0. The van der Waals surface area contributed by atoms with Gasteiger partial charge in [0.1, 0.15) is 0 Å². The number of carbonyl (C=O) groups is 1. The van der Waals surface area contributed by atoms with E-state index in [9.17, 15) is 4.79 Å². The quantitative estimate of drug-likeness (QED) is 0.459. The molecule has 0 bridgehead atoms. The van der Waals surface area contributed by atoms with Gasteiger partial charge in [-0.05, 0) is 12.5 Å². The molecule has 5 nitrogen and oxygen atoms in total. The number of piperazine rings is 1. The van der Waals surface area contributed by atoms with Crippen LogP contribution in [0.5, 0.6) is 0 Å². The molecule has 0 atom stereocenters. The van der Waals surface area contributed by atoms with Crippen molar-refractivity contribution in [3.05, 3.63) is 35.4 Å². The van der Waals surface area contributed by atoms with Gasteiger partial charge in [-0.3, -0.25) is 20.0 Å². The minimum Gasteiger partial charge on any atom is -0.297 e. The van der Waals surface area contributed by atoms with Gasteiger partial charge in [-0.1, -0.05) is 29.8 Å². The van der Waals surface area contributed by atoms with Gasteiger partial charge in [0.2, 0.25) is 5.91 Å². The average molecular weight is 262 g/mol. The Kier molecular flexibility index (Phi) is 4.90. The first-order chi connectivity index (χ1) is 9.17. The van der Waals surface area contributed by atoms with Crippen LogP contribution in [0.3, 0.4) is 0 Å². The zero-order chi connectivity index (χ0) is 13.7. The highest BCUT2D eigenvalue weighted by molar-refractivity contribution is 5.77. The lowest BCUT2D eigenvalue weighted by Crippen LogP contribution is -2.49. The molecular formula is C14H22N4O. The highest BCUT2D eigenvalue weighted by Gasteiger charge is 2.18. The van der Waals surface area contributed by atoms with Crippen molar-refractivity contribution in [2.75, 3.05) is 32.7 Å². The van der Waals surface area contributed by atoms with Crippen LogP contribution in [0.4, 0.5) is 0 Å². The molecule has 5 heteroatoms. The summed E-state index contributed by atoms with van der Waals surface area (Å²) in [6.45, 7) is 7.30. The Balaban J connectivity index is 1.77. The molecule has 0 spiro atoms. The first kappa shape index (κ1) is 14.0. The zero-order valence-electron chi connectivity index (χ0n) is 11.4. The predicted molar refractivity (Wildman–Crippen MR) is 75.2 cm³/mol. The number of hydrogen-bond acceptors (Lipinski definition) is 4. The first-order valence-corrected chi connectivity index (χ1v) is 6.67. The minimum atomic E-state index is -0.119. The van der Waals surface area contributed by atoms with Gasteiger partial charge < -0.3 is 0 Å². The van der Waals surface area contributed by atoms with Gasteiger partial charge in [-0.25, -0.2) is 5.84 Å². The lowest BCUT2D eigenvalue weighted by Gasteiger charge is -2.34. The maximum atomic E-state index is 11.2. The summed E-state index contributed by atoms with van der Waals surface area (Å²) in [5, 5.41) is 0. The van der Waals surface area contributed by atoms with Crippen molar-refractivity contribution in [3.63, 3.8) is 0 Å². The molecule has 1 aromatic rings. The zero-order valence-corrected chi connectivity index (χ0v) is 11.4. The number of nitrogens with zero attached hydrogens (tertiary/aromatic N) is 2. The van der Waals surface area contributed by atoms with Crippen LogP contribution in [0.15, 0.2) is 24.3 Å². The van der Waals surface area contributed by atoms with Crippen molar-refractivity contribution >= 4 is 5.91 Å². The van der Waals surface area contributed by atoms with Crippen LogP contribution in [-0.4, -0.2) is 48.4 Å². The second kappa shape index (κ2) is 6.65. The monoisotopic (exact) mass is 262 g/mol. The number of aryl methyl sites for hydroxylation is 1. The van der Waals surface area contributed by atoms with Crippen LogP contribution < -0.4 is 11.3 Å². The van der Waals surface area contributed by atoms with E-state index in [1.807, 2.05) is 0 Å². The summed E-state index contributed by atoms with van der Waals surface area (Å²) in [6.07, 6.45) is 0. The molecule has 1 amide bonds. The van der Waals surface area contributed by atoms with Crippen molar-refractivity contribution in [2.45, 2.75) is 13.5 Å². The average Bonchev–Trinajstić information content (AvgIpc) is 2.43. The Morgan fingerprint density at radius 2 is 1.74 bits per heavy atom. The van der Waals surface area contributed by atoms with E-state index in [-0.39, 0.29) is 5.91 Å². The summed E-state index contributed by atoms with van der Waals surface area (Å²) >= 11 is 0. The predicted octanol–water partition coefficient (Wildman–Crippen LogP) is 0.103. The van der Waals surface area contributed by atoms with Crippen molar-refractivity contribution in [1.82, 2.24) is 15.2 Å². The highest BCUT2D eigenvalue weighted by Crippen LogP contribution is 2.09. The first-order valence-electron chi connectivity index (χ1n) is 6.67. The SMILES string of the molecule is Cc1ccc(CN2CCN(CC(=O)NN)CC2)cc1. The third kappa shape index (κ3) is 4.31. The van der Waals surface area contributed by atoms with Crippen LogP contribution in [0.2, 0.25) is 0 Å². The van der Waals surface area contributed by atoms with Crippen LogP contribution >= 0.6 is 0 Å². The van der Waals surface area contributed by atoms with Crippen LogP contribution in [0.25, 0.3) is 0 Å². The van der Waals surface area contributed by atoms with Crippen LogP contribution in [0.1, 0.15) is 11.1 Å². The minimum absolute atomic E-state index is 0.119. The second-order valence-electron chi connectivity index (χ2n) is 5.11. The Morgan fingerprint density at radius 3 is 2.32 bits per heavy atom. The summed E-state index contributed by atoms with van der Waals surface area (Å²) in [4.78, 5) is 15.7. The lowest BCUT2D eigenvalue weighted by atomic mass is 10.1. The third-order valence-corrected chi connectivity index (χ3v) is 3.52. The number of rotatable bonds is 4. The second-order valence-corrected chi connectivity index (χ2v) is 5.11. The summed E-state index contributed by atoms with van der Waals surface area (Å²) in [6, 6.07) is 8.67. The van der Waals surface area contributed by atoms with E-state index < -0.39 is 0 Å². The Bertz CT molecular complexity index is 410. The molecule has 1 saturated heterocycles. The smallest absolute Gasteiger partial charge is 0.248 e. The number of carbonyl (C=O) groups excluding carboxylic acids is 1. The standard InChI is InChI=1S/C14H22N4O/c1-12-2-4-13(5-3-12)10-17-6-8-18(9-7-17)11-14(19)16-15/h2-5H,6-11,15H2,1H3,(H,16,19). The molecule has 0 unspecified atom stereocenters. The van der Waals surface area contributed by atoms with E-state index in [2.05, 4.69) is 46.4 Å². The molecule has 104 valence electrons. The Morgan fingerprint density at radius 1 is 1.16 bits per heavy atom. The molecule has 1 fully saturated rings. The molecular weight excluding hydrogens is 240 g/mol. The molecule has 0 radical (unpaired) electrons. The molecule has 3 N–H and O–H groups in total. The molecule has 2 rings (SSSR count). The van der Waals surface area contributed by atoms with Gasteiger partial charge in [-0.15, -0.1) is 0 Å². The topological polar surface area (TPSA) is 61.6 Å². The van der Waals surface area contributed by atoms with E-state index in [4.69, 9.17) is 5.84 Å². The van der Waals surface area contributed by atoms with Crippen molar-refractivity contribution < 1.29 is 4.79 Å². The molecule has 0 aliphatic carbocycles. The van der Waals surface area contributed by atoms with Crippen LogP contribution in [0, 0.1) is 6.92 Å². The van der Waals surface area contributed by atoms with Crippen LogP contribution in [-0.2, 0) is 11.3 Å². The molecule has 19 heavy (non-hydrogen) atoms. The van der Waals surface area contributed by atoms with Gasteiger partial charge in [0, 0.05) is 32.7 Å². The molecule has 1 aliphatic rings. The Labute approximate surface area is 114 Å². The van der Waals surface area contributed by atoms with E-state index in [1.54, 1.807) is 0 Å². The number of benzene rings is 1. The van der Waals surface area contributed by atoms with Gasteiger partial charge in [0.05, 0.1) is 6.54 Å². The third-order valence-electron chi connectivity index (χ3n) is 3.52.